The number of hydrogen-bond acceptors (Lipinski definition) is 5. The van der Waals surface area contributed by atoms with Crippen LogP contribution in [0.2, 0.25) is 0 Å². The molecule has 0 aromatic carbocycles. The zero-order valence-electron chi connectivity index (χ0n) is 12.7. The summed E-state index contributed by atoms with van der Waals surface area (Å²) in [5, 5.41) is 6.76. The molecule has 0 aliphatic carbocycles. The van der Waals surface area contributed by atoms with Gasteiger partial charge in [-0.15, -0.1) is 0 Å². The van der Waals surface area contributed by atoms with Crippen molar-refractivity contribution in [3.63, 3.8) is 0 Å². The number of ether oxygens (including phenoxy) is 1. The van der Waals surface area contributed by atoms with Gasteiger partial charge in [-0.2, -0.15) is 27.1 Å². The molecule has 1 unspecified atom stereocenters. The Labute approximate surface area is 137 Å². The van der Waals surface area contributed by atoms with Gasteiger partial charge in [0, 0.05) is 13.5 Å². The van der Waals surface area contributed by atoms with Crippen LogP contribution in [-0.4, -0.2) is 27.0 Å². The SMILES string of the molecule is Cn1nc(C(F)(F)F)c(C(F)SC2=NOC(C)(C)C2)c1OC(F)F. The number of thioether (sulfide) groups is 1. The number of aryl methyl sites for hydroxylation is 1. The first-order valence-electron chi connectivity index (χ1n) is 6.55. The molecule has 0 N–H and O–H groups in total. The number of nitrogens with zero attached hydrogens (tertiary/aromatic N) is 3. The molecule has 0 fully saturated rings. The molecule has 2 rings (SSSR count). The lowest BCUT2D eigenvalue weighted by Gasteiger charge is -2.14. The van der Waals surface area contributed by atoms with Crippen LogP contribution in [0.1, 0.15) is 37.0 Å². The first kappa shape index (κ1) is 18.7. The number of halogens is 6. The summed E-state index contributed by atoms with van der Waals surface area (Å²) in [6.07, 6.45) is -4.86. The maximum atomic E-state index is 14.5. The summed E-state index contributed by atoms with van der Waals surface area (Å²) in [4.78, 5) is 4.99. The Bertz CT molecular complexity index is 643. The second-order valence-electron chi connectivity index (χ2n) is 5.51. The number of alkyl halides is 6. The smallest absolute Gasteiger partial charge is 0.417 e. The second kappa shape index (κ2) is 6.37. The van der Waals surface area contributed by atoms with E-state index < -0.39 is 41.0 Å². The minimum absolute atomic E-state index is 0.104. The summed E-state index contributed by atoms with van der Waals surface area (Å²) in [6, 6.07) is 0. The third-order valence-electron chi connectivity index (χ3n) is 2.94. The summed E-state index contributed by atoms with van der Waals surface area (Å²) in [7, 11) is 0.952. The average molecular weight is 377 g/mol. The number of hydrogen-bond donors (Lipinski definition) is 0. The molecular weight excluding hydrogens is 364 g/mol. The van der Waals surface area contributed by atoms with Crippen molar-refractivity contribution in [1.82, 2.24) is 9.78 Å². The first-order valence-corrected chi connectivity index (χ1v) is 7.43. The number of oxime groups is 1. The van der Waals surface area contributed by atoms with Gasteiger partial charge in [0.2, 0.25) is 5.88 Å². The van der Waals surface area contributed by atoms with E-state index in [1.807, 2.05) is 0 Å². The molecule has 0 spiro atoms. The lowest BCUT2D eigenvalue weighted by atomic mass is 10.1. The first-order chi connectivity index (χ1) is 10.9. The molecular formula is C12H13F6N3O2S. The standard InChI is InChI=1S/C12H13F6N3O2S/c1-11(2)4-5(20-23-11)24-8(13)6-7(12(16,17)18)19-21(3)9(6)22-10(14)15/h8,10H,4H2,1-3H3. The predicted octanol–water partition coefficient (Wildman–Crippen LogP) is 4.25. The monoisotopic (exact) mass is 377 g/mol. The lowest BCUT2D eigenvalue weighted by Crippen LogP contribution is -2.18. The van der Waals surface area contributed by atoms with Gasteiger partial charge in [0.05, 0.1) is 5.56 Å². The van der Waals surface area contributed by atoms with Crippen molar-refractivity contribution < 1.29 is 35.9 Å². The van der Waals surface area contributed by atoms with E-state index in [-0.39, 0.29) is 11.5 Å². The van der Waals surface area contributed by atoms with Gasteiger partial charge in [-0.25, -0.2) is 9.07 Å². The lowest BCUT2D eigenvalue weighted by molar-refractivity contribution is -0.142. The summed E-state index contributed by atoms with van der Waals surface area (Å²) >= 11 is 0.328. The molecule has 1 aliphatic heterocycles. The summed E-state index contributed by atoms with van der Waals surface area (Å²) in [5.74, 6) is -0.990. The highest BCUT2D eigenvalue weighted by Crippen LogP contribution is 2.46. The van der Waals surface area contributed by atoms with Crippen molar-refractivity contribution in [2.75, 3.05) is 0 Å². The van der Waals surface area contributed by atoms with Crippen LogP contribution in [0.4, 0.5) is 26.3 Å². The fourth-order valence-corrected chi connectivity index (χ4v) is 3.09. The highest BCUT2D eigenvalue weighted by molar-refractivity contribution is 8.14. The van der Waals surface area contributed by atoms with Crippen LogP contribution in [0.3, 0.4) is 0 Å². The van der Waals surface area contributed by atoms with Crippen LogP contribution in [0, 0.1) is 0 Å². The fraction of sp³-hybridized carbons (Fsp3) is 0.667. The third-order valence-corrected chi connectivity index (χ3v) is 3.87. The highest BCUT2D eigenvalue weighted by atomic mass is 32.2. The van der Waals surface area contributed by atoms with Crippen LogP contribution in [0.15, 0.2) is 5.16 Å². The van der Waals surface area contributed by atoms with Crippen molar-refractivity contribution in [2.45, 2.75) is 44.2 Å². The Morgan fingerprint density at radius 2 is 1.92 bits per heavy atom. The maximum Gasteiger partial charge on any atom is 0.435 e. The largest absolute Gasteiger partial charge is 0.435 e. The van der Waals surface area contributed by atoms with E-state index in [1.165, 1.54) is 0 Å². The molecule has 0 radical (unpaired) electrons. The van der Waals surface area contributed by atoms with Gasteiger partial charge in [-0.1, -0.05) is 16.9 Å². The van der Waals surface area contributed by atoms with Crippen molar-refractivity contribution >= 4 is 16.8 Å². The summed E-state index contributed by atoms with van der Waals surface area (Å²) in [5.41, 5.74) is -5.81. The second-order valence-corrected chi connectivity index (χ2v) is 6.63. The summed E-state index contributed by atoms with van der Waals surface area (Å²) in [6.45, 7) is -0.106. The zero-order chi connectivity index (χ0) is 18.3. The van der Waals surface area contributed by atoms with Crippen molar-refractivity contribution in [2.24, 2.45) is 12.2 Å². The van der Waals surface area contributed by atoms with Gasteiger partial charge in [0.25, 0.3) is 0 Å². The molecule has 24 heavy (non-hydrogen) atoms. The Morgan fingerprint density at radius 1 is 1.29 bits per heavy atom. The number of rotatable bonds is 4. The average Bonchev–Trinajstić information content (AvgIpc) is 2.89. The van der Waals surface area contributed by atoms with E-state index in [2.05, 4.69) is 15.0 Å². The minimum atomic E-state index is -5.03. The van der Waals surface area contributed by atoms with Crippen molar-refractivity contribution in [1.29, 1.82) is 0 Å². The molecule has 2 heterocycles. The molecule has 0 saturated heterocycles. The molecule has 5 nitrogen and oxygen atoms in total. The Morgan fingerprint density at radius 3 is 2.38 bits per heavy atom. The van der Waals surface area contributed by atoms with Gasteiger partial charge >= 0.3 is 12.8 Å². The van der Waals surface area contributed by atoms with Crippen molar-refractivity contribution in [3.05, 3.63) is 11.3 Å². The van der Waals surface area contributed by atoms with Crippen LogP contribution >= 0.6 is 11.8 Å². The molecule has 0 saturated carbocycles. The molecule has 1 atom stereocenters. The zero-order valence-corrected chi connectivity index (χ0v) is 13.5. The van der Waals surface area contributed by atoms with Crippen molar-refractivity contribution in [3.8, 4) is 5.88 Å². The maximum absolute atomic E-state index is 14.5. The van der Waals surface area contributed by atoms with Gasteiger partial charge in [-0.3, -0.25) is 0 Å². The number of aromatic nitrogens is 2. The molecule has 1 aromatic rings. The van der Waals surface area contributed by atoms with Gasteiger partial charge in [0.1, 0.15) is 10.6 Å². The normalized spacial score (nSPS) is 18.5. The van der Waals surface area contributed by atoms with Crippen LogP contribution in [0.25, 0.3) is 0 Å². The molecule has 0 bridgehead atoms. The van der Waals surface area contributed by atoms with Gasteiger partial charge in [-0.05, 0) is 13.8 Å². The fourth-order valence-electron chi connectivity index (χ4n) is 2.01. The van der Waals surface area contributed by atoms with E-state index in [9.17, 15) is 26.3 Å². The minimum Gasteiger partial charge on any atom is -0.417 e. The van der Waals surface area contributed by atoms with Crippen LogP contribution < -0.4 is 4.74 Å². The Balaban J connectivity index is 2.35. The Hall–Kier alpha value is -1.59. The molecule has 1 aromatic heterocycles. The van der Waals surface area contributed by atoms with Crippen LogP contribution in [-0.2, 0) is 18.1 Å². The molecule has 0 amide bonds. The van der Waals surface area contributed by atoms with E-state index in [0.29, 0.717) is 16.4 Å². The van der Waals surface area contributed by atoms with E-state index in [4.69, 9.17) is 4.84 Å². The van der Waals surface area contributed by atoms with Gasteiger partial charge in [0.15, 0.2) is 11.2 Å². The van der Waals surface area contributed by atoms with E-state index in [1.54, 1.807) is 13.8 Å². The Kier molecular flexibility index (Phi) is 4.98. The van der Waals surface area contributed by atoms with Gasteiger partial charge < -0.3 is 9.57 Å². The predicted molar refractivity (Wildman–Crippen MR) is 73.5 cm³/mol. The summed E-state index contributed by atoms with van der Waals surface area (Å²) < 4.78 is 82.9. The molecule has 1 aliphatic rings. The van der Waals surface area contributed by atoms with E-state index in [0.717, 1.165) is 7.05 Å². The quantitative estimate of drug-likeness (QED) is 0.736. The van der Waals surface area contributed by atoms with E-state index >= 15 is 0 Å². The highest BCUT2D eigenvalue weighted by Gasteiger charge is 2.44. The molecule has 12 heteroatoms. The third kappa shape index (κ3) is 4.08. The van der Waals surface area contributed by atoms with Crippen LogP contribution in [0.5, 0.6) is 5.88 Å². The topological polar surface area (TPSA) is 48.6 Å². The molecule has 136 valence electrons.